The fourth-order valence-electron chi connectivity index (χ4n) is 3.47. The molecule has 1 N–H and O–H groups in total. The van der Waals surface area contributed by atoms with Crippen LogP contribution >= 0.6 is 11.8 Å². The van der Waals surface area contributed by atoms with Crippen molar-refractivity contribution < 1.29 is 9.59 Å². The van der Waals surface area contributed by atoms with Crippen molar-refractivity contribution in [1.29, 1.82) is 0 Å². The van der Waals surface area contributed by atoms with Crippen LogP contribution in [0.5, 0.6) is 0 Å². The highest BCUT2D eigenvalue weighted by Gasteiger charge is 2.29. The lowest BCUT2D eigenvalue weighted by Crippen LogP contribution is -2.51. The largest absolute Gasteiger partial charge is 0.352 e. The van der Waals surface area contributed by atoms with Crippen LogP contribution in [0.3, 0.4) is 0 Å². The van der Waals surface area contributed by atoms with Gasteiger partial charge in [-0.25, -0.2) is 0 Å². The molecule has 0 bridgehead atoms. The van der Waals surface area contributed by atoms with E-state index in [1.54, 1.807) is 16.7 Å². The first-order chi connectivity index (χ1) is 14.8. The van der Waals surface area contributed by atoms with Crippen LogP contribution in [0, 0.1) is 13.8 Å². The van der Waals surface area contributed by atoms with Crippen molar-refractivity contribution in [3.63, 3.8) is 0 Å². The van der Waals surface area contributed by atoms with Crippen molar-refractivity contribution in [2.24, 2.45) is 0 Å². The molecule has 2 atom stereocenters. The quantitative estimate of drug-likeness (QED) is 0.519. The number of hydrogen-bond donors (Lipinski definition) is 1. The fourth-order valence-corrected chi connectivity index (χ4v) is 4.46. The summed E-state index contributed by atoms with van der Waals surface area (Å²) in [5.41, 5.74) is 4.67. The molecule has 168 valence electrons. The Morgan fingerprint density at radius 1 is 1.03 bits per heavy atom. The van der Waals surface area contributed by atoms with Crippen molar-refractivity contribution in [2.75, 3.05) is 5.75 Å². The van der Waals surface area contributed by atoms with Gasteiger partial charge in [-0.2, -0.15) is 0 Å². The standard InChI is InChI=1S/C26H36N2O2S/c1-6-21(5)27-26(30)24(7-2)28(16-22-13-10-11-19(3)15-22)25(29)18-31-17-23-14-9-8-12-20(23)4/h8-15,21,24H,6-7,16-18H2,1-5H3,(H,27,30)/t21-,24-/m1/s1. The van der Waals surface area contributed by atoms with E-state index < -0.39 is 6.04 Å². The lowest BCUT2D eigenvalue weighted by Gasteiger charge is -2.31. The van der Waals surface area contributed by atoms with Crippen LogP contribution < -0.4 is 5.32 Å². The number of thioether (sulfide) groups is 1. The molecule has 2 aromatic rings. The summed E-state index contributed by atoms with van der Waals surface area (Å²) >= 11 is 1.61. The summed E-state index contributed by atoms with van der Waals surface area (Å²) in [5, 5.41) is 3.06. The molecule has 0 heterocycles. The second-order valence-corrected chi connectivity index (χ2v) is 9.16. The predicted octanol–water partition coefficient (Wildman–Crippen LogP) is 5.26. The number of rotatable bonds is 11. The second-order valence-electron chi connectivity index (χ2n) is 8.17. The van der Waals surface area contributed by atoms with E-state index in [0.717, 1.165) is 23.3 Å². The van der Waals surface area contributed by atoms with E-state index in [4.69, 9.17) is 0 Å². The highest BCUT2D eigenvalue weighted by atomic mass is 32.2. The van der Waals surface area contributed by atoms with Crippen molar-refractivity contribution in [3.8, 4) is 0 Å². The number of nitrogens with zero attached hydrogens (tertiary/aromatic N) is 1. The highest BCUT2D eigenvalue weighted by molar-refractivity contribution is 7.99. The van der Waals surface area contributed by atoms with Crippen LogP contribution in [0.1, 0.15) is 55.9 Å². The number of carbonyl (C=O) groups excluding carboxylic acids is 2. The maximum Gasteiger partial charge on any atom is 0.243 e. The van der Waals surface area contributed by atoms with E-state index in [-0.39, 0.29) is 17.9 Å². The molecular formula is C26H36N2O2S. The second kappa shape index (κ2) is 12.6. The third kappa shape index (κ3) is 7.73. The van der Waals surface area contributed by atoms with E-state index in [9.17, 15) is 9.59 Å². The van der Waals surface area contributed by atoms with E-state index in [0.29, 0.717) is 18.7 Å². The number of carbonyl (C=O) groups is 2. The number of amides is 2. The van der Waals surface area contributed by atoms with Crippen LogP contribution in [-0.4, -0.2) is 34.6 Å². The molecule has 0 fully saturated rings. The molecule has 0 aromatic heterocycles. The molecule has 5 heteroatoms. The molecule has 0 saturated carbocycles. The van der Waals surface area contributed by atoms with Gasteiger partial charge in [-0.15, -0.1) is 11.8 Å². The summed E-state index contributed by atoms with van der Waals surface area (Å²) in [6.07, 6.45) is 1.45. The first-order valence-corrected chi connectivity index (χ1v) is 12.3. The first-order valence-electron chi connectivity index (χ1n) is 11.1. The van der Waals surface area contributed by atoms with Gasteiger partial charge in [0.25, 0.3) is 0 Å². The zero-order chi connectivity index (χ0) is 22.8. The molecule has 4 nitrogen and oxygen atoms in total. The SMILES string of the molecule is CC[C@@H](C)NC(=O)[C@@H](CC)N(Cc1cccc(C)c1)C(=O)CSCc1ccccc1C. The molecule has 0 radical (unpaired) electrons. The monoisotopic (exact) mass is 440 g/mol. The van der Waals surface area contributed by atoms with E-state index >= 15 is 0 Å². The first kappa shape index (κ1) is 25.0. The molecule has 0 aliphatic heterocycles. The smallest absolute Gasteiger partial charge is 0.243 e. The van der Waals surface area contributed by atoms with Crippen molar-refractivity contribution in [2.45, 2.75) is 71.8 Å². The summed E-state index contributed by atoms with van der Waals surface area (Å²) < 4.78 is 0. The van der Waals surface area contributed by atoms with Gasteiger partial charge in [-0.3, -0.25) is 9.59 Å². The average molecular weight is 441 g/mol. The van der Waals surface area contributed by atoms with Gasteiger partial charge in [0, 0.05) is 18.3 Å². The maximum atomic E-state index is 13.3. The maximum absolute atomic E-state index is 13.3. The number of benzene rings is 2. The van der Waals surface area contributed by atoms with Gasteiger partial charge in [0.2, 0.25) is 11.8 Å². The number of hydrogen-bond acceptors (Lipinski definition) is 3. The Labute approximate surface area is 191 Å². The zero-order valence-electron chi connectivity index (χ0n) is 19.5. The molecular weight excluding hydrogens is 404 g/mol. The lowest BCUT2D eigenvalue weighted by atomic mass is 10.1. The topological polar surface area (TPSA) is 49.4 Å². The minimum atomic E-state index is -0.471. The molecule has 0 unspecified atom stereocenters. The Hall–Kier alpha value is -2.27. The van der Waals surface area contributed by atoms with Crippen molar-refractivity contribution in [3.05, 3.63) is 70.8 Å². The molecule has 0 spiro atoms. The number of nitrogens with one attached hydrogen (secondary N) is 1. The molecule has 2 amide bonds. The predicted molar refractivity (Wildman–Crippen MR) is 131 cm³/mol. The summed E-state index contributed by atoms with van der Waals surface area (Å²) in [6, 6.07) is 16.0. The third-order valence-electron chi connectivity index (χ3n) is 5.57. The van der Waals surface area contributed by atoms with Crippen LogP contribution in [0.4, 0.5) is 0 Å². The zero-order valence-corrected chi connectivity index (χ0v) is 20.3. The van der Waals surface area contributed by atoms with Crippen LogP contribution in [0.2, 0.25) is 0 Å². The van der Waals surface area contributed by atoms with Crippen LogP contribution in [-0.2, 0) is 21.9 Å². The summed E-state index contributed by atoms with van der Waals surface area (Å²) in [5.74, 6) is 1.08. The van der Waals surface area contributed by atoms with E-state index in [1.807, 2.05) is 58.0 Å². The van der Waals surface area contributed by atoms with Gasteiger partial charge in [-0.05, 0) is 50.3 Å². The minimum absolute atomic E-state index is 0.00578. The van der Waals surface area contributed by atoms with E-state index in [2.05, 4.69) is 30.4 Å². The summed E-state index contributed by atoms with van der Waals surface area (Å²) in [6.45, 7) is 10.6. The average Bonchev–Trinajstić information content (AvgIpc) is 2.74. The normalized spacial score (nSPS) is 12.8. The van der Waals surface area contributed by atoms with E-state index in [1.165, 1.54) is 11.1 Å². The molecule has 0 aliphatic rings. The van der Waals surface area contributed by atoms with Crippen LogP contribution in [0.25, 0.3) is 0 Å². The van der Waals surface area contributed by atoms with Crippen molar-refractivity contribution in [1.82, 2.24) is 10.2 Å². The molecule has 31 heavy (non-hydrogen) atoms. The Morgan fingerprint density at radius 2 is 1.77 bits per heavy atom. The fraction of sp³-hybridized carbons (Fsp3) is 0.462. The summed E-state index contributed by atoms with van der Waals surface area (Å²) in [7, 11) is 0. The van der Waals surface area contributed by atoms with Gasteiger partial charge in [0.15, 0.2) is 0 Å². The highest BCUT2D eigenvalue weighted by Crippen LogP contribution is 2.19. The summed E-state index contributed by atoms with van der Waals surface area (Å²) in [4.78, 5) is 28.0. The molecule has 0 aliphatic carbocycles. The van der Waals surface area contributed by atoms with Gasteiger partial charge in [-0.1, -0.05) is 67.9 Å². The Bertz CT molecular complexity index is 868. The third-order valence-corrected chi connectivity index (χ3v) is 6.53. The lowest BCUT2D eigenvalue weighted by molar-refractivity contribution is -0.139. The Kier molecular flexibility index (Phi) is 10.1. The molecule has 2 aromatic carbocycles. The van der Waals surface area contributed by atoms with Crippen molar-refractivity contribution >= 4 is 23.6 Å². The Balaban J connectivity index is 2.15. The number of aryl methyl sites for hydroxylation is 2. The minimum Gasteiger partial charge on any atom is -0.352 e. The van der Waals surface area contributed by atoms with Gasteiger partial charge < -0.3 is 10.2 Å². The van der Waals surface area contributed by atoms with Gasteiger partial charge in [0.05, 0.1) is 5.75 Å². The van der Waals surface area contributed by atoms with Gasteiger partial charge in [0.1, 0.15) is 6.04 Å². The molecule has 2 rings (SSSR count). The van der Waals surface area contributed by atoms with Gasteiger partial charge >= 0.3 is 0 Å². The Morgan fingerprint density at radius 3 is 2.42 bits per heavy atom. The van der Waals surface area contributed by atoms with Crippen LogP contribution in [0.15, 0.2) is 48.5 Å². The molecule has 0 saturated heterocycles.